The van der Waals surface area contributed by atoms with E-state index in [0.29, 0.717) is 5.56 Å². The minimum atomic E-state index is -0.682. The Bertz CT molecular complexity index is 1360. The minimum absolute atomic E-state index is 0.0217. The van der Waals surface area contributed by atoms with E-state index in [0.717, 1.165) is 4.90 Å². The third-order valence-corrected chi connectivity index (χ3v) is 5.05. The van der Waals surface area contributed by atoms with Gasteiger partial charge < -0.3 is 24.5 Å². The summed E-state index contributed by atoms with van der Waals surface area (Å²) in [4.78, 5) is 49.9. The third-order valence-electron chi connectivity index (χ3n) is 5.05. The van der Waals surface area contributed by atoms with Crippen molar-refractivity contribution in [1.82, 2.24) is 10.2 Å². The van der Waals surface area contributed by atoms with Crippen LogP contribution >= 0.6 is 0 Å². The monoisotopic (exact) mass is 493 g/mol. The molecule has 11 heteroatoms. The summed E-state index contributed by atoms with van der Waals surface area (Å²) in [6.07, 6.45) is 1.41. The number of methoxy groups -OCH3 is 1. The van der Waals surface area contributed by atoms with Crippen LogP contribution in [0.25, 0.3) is 6.08 Å². The maximum Gasteiger partial charge on any atom is 0.373 e. The molecule has 0 aliphatic carbocycles. The highest BCUT2D eigenvalue weighted by atomic mass is 19.1. The Morgan fingerprint density at radius 3 is 2.61 bits per heavy atom. The molecule has 4 rings (SSSR count). The molecule has 4 amide bonds. The molecule has 2 aromatic carbocycles. The Kier molecular flexibility index (Phi) is 7.10. The quantitative estimate of drug-likeness (QED) is 0.280. The van der Waals surface area contributed by atoms with E-state index in [1.165, 1.54) is 43.5 Å². The molecule has 1 saturated heterocycles. The first-order valence-electron chi connectivity index (χ1n) is 10.6. The van der Waals surface area contributed by atoms with Crippen LogP contribution in [0.1, 0.15) is 21.9 Å². The number of ether oxygens (including phenoxy) is 2. The van der Waals surface area contributed by atoms with Gasteiger partial charge in [-0.3, -0.25) is 14.5 Å². The van der Waals surface area contributed by atoms with Crippen molar-refractivity contribution in [2.24, 2.45) is 0 Å². The summed E-state index contributed by atoms with van der Waals surface area (Å²) in [6, 6.07) is 14.5. The maximum absolute atomic E-state index is 13.7. The fourth-order valence-corrected chi connectivity index (χ4v) is 3.32. The van der Waals surface area contributed by atoms with Crippen molar-refractivity contribution in [2.45, 2.75) is 6.54 Å². The molecule has 2 N–H and O–H groups in total. The average Bonchev–Trinajstić information content (AvgIpc) is 3.45. The van der Waals surface area contributed by atoms with Gasteiger partial charge in [-0.25, -0.2) is 14.0 Å². The molecule has 1 fully saturated rings. The van der Waals surface area contributed by atoms with Gasteiger partial charge in [0.1, 0.15) is 23.0 Å². The molecule has 0 unspecified atom stereocenters. The van der Waals surface area contributed by atoms with Gasteiger partial charge in [0.2, 0.25) is 5.76 Å². The first-order chi connectivity index (χ1) is 17.4. The van der Waals surface area contributed by atoms with E-state index in [1.807, 2.05) is 0 Å². The number of carbonyl (C=O) groups is 4. The number of para-hydroxylation sites is 2. The highest BCUT2D eigenvalue weighted by Gasteiger charge is 2.34. The Hall–Kier alpha value is -4.93. The summed E-state index contributed by atoms with van der Waals surface area (Å²) in [7, 11) is 1.20. The maximum atomic E-state index is 13.7. The molecule has 36 heavy (non-hydrogen) atoms. The van der Waals surface area contributed by atoms with Crippen molar-refractivity contribution >= 4 is 35.6 Å². The molecule has 10 nitrogen and oxygen atoms in total. The zero-order valence-corrected chi connectivity index (χ0v) is 18.9. The van der Waals surface area contributed by atoms with Gasteiger partial charge in [-0.2, -0.15) is 0 Å². The molecule has 3 aromatic rings. The number of halogens is 1. The van der Waals surface area contributed by atoms with Gasteiger partial charge in [-0.1, -0.05) is 30.3 Å². The number of anilines is 1. The zero-order chi connectivity index (χ0) is 25.7. The second-order valence-corrected chi connectivity index (χ2v) is 7.49. The minimum Gasteiger partial charge on any atom is -0.483 e. The van der Waals surface area contributed by atoms with Crippen LogP contribution in [-0.4, -0.2) is 42.4 Å². The average molecular weight is 493 g/mol. The van der Waals surface area contributed by atoms with Gasteiger partial charge in [0, 0.05) is 5.56 Å². The van der Waals surface area contributed by atoms with E-state index in [2.05, 4.69) is 15.4 Å². The molecular formula is C25H20FN3O7. The van der Waals surface area contributed by atoms with E-state index in [9.17, 15) is 23.6 Å². The van der Waals surface area contributed by atoms with Gasteiger partial charge in [0.15, 0.2) is 6.61 Å². The van der Waals surface area contributed by atoms with Crippen molar-refractivity contribution in [3.8, 4) is 5.75 Å². The lowest BCUT2D eigenvalue weighted by Gasteiger charge is -2.11. The van der Waals surface area contributed by atoms with E-state index in [4.69, 9.17) is 9.15 Å². The van der Waals surface area contributed by atoms with Crippen LogP contribution in [0.15, 0.2) is 70.8 Å². The predicted molar refractivity (Wildman–Crippen MR) is 124 cm³/mol. The second kappa shape index (κ2) is 10.6. The summed E-state index contributed by atoms with van der Waals surface area (Å²) < 4.78 is 29.2. The topological polar surface area (TPSA) is 127 Å². The van der Waals surface area contributed by atoms with Crippen LogP contribution in [0.3, 0.4) is 0 Å². The number of nitrogens with zero attached hydrogens (tertiary/aromatic N) is 1. The van der Waals surface area contributed by atoms with Crippen molar-refractivity contribution < 1.29 is 37.5 Å². The Labute approximate surface area is 204 Å². The standard InChI is InChI=1S/C25H20FN3O7/c1-34-24(32)21-11-10-16(36-21)13-29-23(31)19(28-25(29)33)12-15-6-2-5-9-20(15)35-14-22(30)27-18-8-4-3-7-17(18)26/h2-12H,13-14H2,1H3,(H,27,30)(H,28,33). The molecule has 1 aliphatic heterocycles. The number of benzene rings is 2. The Morgan fingerprint density at radius 1 is 1.08 bits per heavy atom. The third kappa shape index (κ3) is 5.41. The number of hydrogen-bond acceptors (Lipinski definition) is 7. The Balaban J connectivity index is 1.44. The van der Waals surface area contributed by atoms with Crippen LogP contribution in [0.2, 0.25) is 0 Å². The SMILES string of the molecule is COC(=O)c1ccc(CN2C(=O)NC(=Cc3ccccc3OCC(=O)Nc3ccccc3F)C2=O)o1. The van der Waals surface area contributed by atoms with E-state index < -0.39 is 36.2 Å². The second-order valence-electron chi connectivity index (χ2n) is 7.49. The van der Waals surface area contributed by atoms with Crippen molar-refractivity contribution in [1.29, 1.82) is 0 Å². The smallest absolute Gasteiger partial charge is 0.373 e. The predicted octanol–water partition coefficient (Wildman–Crippen LogP) is 3.32. The fourth-order valence-electron chi connectivity index (χ4n) is 3.32. The van der Waals surface area contributed by atoms with Gasteiger partial charge in [-0.05, 0) is 36.4 Å². The normalized spacial score (nSPS) is 14.1. The van der Waals surface area contributed by atoms with Gasteiger partial charge in [0.05, 0.1) is 19.3 Å². The first kappa shape index (κ1) is 24.2. The number of nitrogens with one attached hydrogen (secondary N) is 2. The van der Waals surface area contributed by atoms with Crippen molar-refractivity contribution in [3.63, 3.8) is 0 Å². The fraction of sp³-hybridized carbons (Fsp3) is 0.120. The summed E-state index contributed by atoms with van der Waals surface area (Å²) in [5, 5.41) is 4.90. The number of carbonyl (C=O) groups excluding carboxylic acids is 4. The number of urea groups is 1. The number of amides is 4. The van der Waals surface area contributed by atoms with E-state index >= 15 is 0 Å². The van der Waals surface area contributed by atoms with Crippen LogP contribution in [-0.2, 0) is 20.9 Å². The summed E-state index contributed by atoms with van der Waals surface area (Å²) >= 11 is 0. The number of furan rings is 1. The molecule has 0 saturated carbocycles. The van der Waals surface area contributed by atoms with Crippen molar-refractivity contribution in [3.05, 3.63) is 89.3 Å². The summed E-state index contributed by atoms with van der Waals surface area (Å²) in [6.45, 7) is -0.616. The van der Waals surface area contributed by atoms with Gasteiger partial charge >= 0.3 is 12.0 Å². The number of hydrogen-bond donors (Lipinski definition) is 2. The van der Waals surface area contributed by atoms with Crippen LogP contribution < -0.4 is 15.4 Å². The molecular weight excluding hydrogens is 473 g/mol. The highest BCUT2D eigenvalue weighted by molar-refractivity contribution is 6.14. The Morgan fingerprint density at radius 2 is 1.83 bits per heavy atom. The molecule has 184 valence electrons. The molecule has 0 bridgehead atoms. The van der Waals surface area contributed by atoms with Gasteiger partial charge in [-0.15, -0.1) is 0 Å². The van der Waals surface area contributed by atoms with E-state index in [-0.39, 0.29) is 35.2 Å². The molecule has 0 radical (unpaired) electrons. The number of imide groups is 1. The summed E-state index contributed by atoms with van der Waals surface area (Å²) in [5.41, 5.74) is 0.426. The largest absolute Gasteiger partial charge is 0.483 e. The van der Waals surface area contributed by atoms with E-state index in [1.54, 1.807) is 30.3 Å². The lowest BCUT2D eigenvalue weighted by Crippen LogP contribution is -2.30. The zero-order valence-electron chi connectivity index (χ0n) is 18.9. The van der Waals surface area contributed by atoms with Crippen LogP contribution in [0.5, 0.6) is 5.75 Å². The van der Waals surface area contributed by atoms with Crippen molar-refractivity contribution in [2.75, 3.05) is 19.0 Å². The highest BCUT2D eigenvalue weighted by Crippen LogP contribution is 2.24. The molecule has 0 spiro atoms. The van der Waals surface area contributed by atoms with Gasteiger partial charge in [0.25, 0.3) is 11.8 Å². The summed E-state index contributed by atoms with van der Waals surface area (Å²) in [5.74, 6) is -2.04. The van der Waals surface area contributed by atoms with Crippen LogP contribution in [0.4, 0.5) is 14.9 Å². The molecule has 1 aliphatic rings. The molecule has 1 aromatic heterocycles. The number of esters is 1. The molecule has 2 heterocycles. The number of rotatable bonds is 8. The first-order valence-corrected chi connectivity index (χ1v) is 10.6. The lowest BCUT2D eigenvalue weighted by molar-refractivity contribution is -0.123. The molecule has 0 atom stereocenters. The lowest BCUT2D eigenvalue weighted by atomic mass is 10.1. The van der Waals surface area contributed by atoms with Crippen LogP contribution in [0, 0.1) is 5.82 Å².